The smallest absolute Gasteiger partial charge is 0.421 e. The lowest BCUT2D eigenvalue weighted by molar-refractivity contribution is -0.139. The Morgan fingerprint density at radius 2 is 2.07 bits per heavy atom. The Morgan fingerprint density at radius 3 is 2.79 bits per heavy atom. The summed E-state index contributed by atoms with van der Waals surface area (Å²) in [5, 5.41) is 0. The van der Waals surface area contributed by atoms with Crippen LogP contribution in [-0.2, 0) is 19.1 Å². The predicted molar refractivity (Wildman–Crippen MR) is 99.3 cm³/mol. The van der Waals surface area contributed by atoms with Crippen LogP contribution >= 0.6 is 0 Å². The van der Waals surface area contributed by atoms with Gasteiger partial charge in [-0.2, -0.15) is 18.2 Å². The van der Waals surface area contributed by atoms with Crippen LogP contribution in [0.15, 0.2) is 24.4 Å². The fraction of sp³-hybridized carbons (Fsp3) is 0.500. The van der Waals surface area contributed by atoms with Gasteiger partial charge in [0.2, 0.25) is 0 Å². The summed E-state index contributed by atoms with van der Waals surface area (Å²) in [4.78, 5) is 12.4. The Labute approximate surface area is 166 Å². The summed E-state index contributed by atoms with van der Waals surface area (Å²) in [5.41, 5.74) is 0.0741. The summed E-state index contributed by atoms with van der Waals surface area (Å²) in [7, 11) is 2.05. The van der Waals surface area contributed by atoms with Crippen molar-refractivity contribution in [1.29, 1.82) is 0 Å². The number of benzene rings is 1. The van der Waals surface area contributed by atoms with E-state index in [2.05, 4.69) is 14.9 Å². The third-order valence-electron chi connectivity index (χ3n) is 5.62. The van der Waals surface area contributed by atoms with Gasteiger partial charge in [0.15, 0.2) is 0 Å². The van der Waals surface area contributed by atoms with Gasteiger partial charge in [0.25, 0.3) is 0 Å². The minimum absolute atomic E-state index is 0.143. The Kier molecular flexibility index (Phi) is 5.33. The number of likely N-dealkylation sites (N-methyl/N-ethyl adjacent to an activating group) is 1. The Hall–Kier alpha value is -2.42. The summed E-state index contributed by atoms with van der Waals surface area (Å²) in [6.07, 6.45) is -0.443. The van der Waals surface area contributed by atoms with Gasteiger partial charge in [-0.25, -0.2) is 9.37 Å². The number of anilines is 1. The number of likely N-dealkylation sites (tertiary alicyclic amines) is 1. The zero-order valence-corrected chi connectivity index (χ0v) is 16.0. The first-order valence-electron chi connectivity index (χ1n) is 9.61. The molecule has 0 aliphatic carbocycles. The van der Waals surface area contributed by atoms with Gasteiger partial charge >= 0.3 is 12.2 Å². The highest BCUT2D eigenvalue weighted by molar-refractivity contribution is 5.57. The van der Waals surface area contributed by atoms with Crippen LogP contribution in [0.2, 0.25) is 0 Å². The Morgan fingerprint density at radius 1 is 1.24 bits per heavy atom. The molecular weight excluding hydrogens is 388 g/mol. The van der Waals surface area contributed by atoms with Crippen molar-refractivity contribution in [2.24, 2.45) is 0 Å². The molecule has 1 aromatic carbocycles. The van der Waals surface area contributed by atoms with Crippen molar-refractivity contribution in [1.82, 2.24) is 14.9 Å². The number of aromatic nitrogens is 2. The lowest BCUT2D eigenvalue weighted by Crippen LogP contribution is -2.33. The second kappa shape index (κ2) is 7.78. The number of fused-ring (bicyclic) bond motifs is 1. The largest absolute Gasteiger partial charge is 0.462 e. The standard InChI is InChI=1S/C20H22F4N4O/c1-27-8-3-4-14(27)12-29-19-25-10-13-7-9-28(11-16(13)26-19)17-6-2-5-15(21)18(17)20(22,23)24/h2,5-6,10,14H,3-4,7-9,11-12H2,1H3. The highest BCUT2D eigenvalue weighted by atomic mass is 19.4. The normalized spacial score (nSPS) is 20.0. The van der Waals surface area contributed by atoms with Crippen LogP contribution in [0.25, 0.3) is 0 Å². The van der Waals surface area contributed by atoms with Crippen molar-refractivity contribution >= 4 is 5.69 Å². The molecule has 2 aliphatic heterocycles. The lowest BCUT2D eigenvalue weighted by Gasteiger charge is -2.32. The number of nitrogens with zero attached hydrogens (tertiary/aromatic N) is 4. The zero-order valence-electron chi connectivity index (χ0n) is 16.0. The molecule has 1 aromatic heterocycles. The lowest BCUT2D eigenvalue weighted by atomic mass is 10.0. The molecule has 156 valence electrons. The number of ether oxygens (including phenoxy) is 1. The third-order valence-corrected chi connectivity index (χ3v) is 5.62. The highest BCUT2D eigenvalue weighted by Gasteiger charge is 2.38. The first kappa shape index (κ1) is 19.9. The summed E-state index contributed by atoms with van der Waals surface area (Å²) >= 11 is 0. The van der Waals surface area contributed by atoms with Crippen molar-refractivity contribution < 1.29 is 22.3 Å². The average Bonchev–Trinajstić information content (AvgIpc) is 3.09. The molecule has 1 unspecified atom stereocenters. The summed E-state index contributed by atoms with van der Waals surface area (Å²) < 4.78 is 59.9. The predicted octanol–water partition coefficient (Wildman–Crippen LogP) is 3.67. The zero-order chi connectivity index (χ0) is 20.6. The summed E-state index contributed by atoms with van der Waals surface area (Å²) in [6.45, 7) is 1.98. The SMILES string of the molecule is CN1CCCC1COc1ncc2c(n1)CN(c1cccc(F)c1C(F)(F)F)CC2. The van der Waals surface area contributed by atoms with Gasteiger partial charge in [0.05, 0.1) is 17.9 Å². The van der Waals surface area contributed by atoms with E-state index >= 15 is 0 Å². The van der Waals surface area contributed by atoms with Gasteiger partial charge in [0, 0.05) is 18.8 Å². The Balaban J connectivity index is 1.53. The quantitative estimate of drug-likeness (QED) is 0.720. The van der Waals surface area contributed by atoms with Gasteiger partial charge in [0.1, 0.15) is 18.0 Å². The number of rotatable bonds is 4. The average molecular weight is 410 g/mol. The molecule has 0 saturated carbocycles. The van der Waals surface area contributed by atoms with E-state index in [1.807, 2.05) is 7.05 Å². The van der Waals surface area contributed by atoms with Crippen LogP contribution in [0.4, 0.5) is 23.2 Å². The van der Waals surface area contributed by atoms with Crippen LogP contribution in [0, 0.1) is 5.82 Å². The molecule has 9 heteroatoms. The van der Waals surface area contributed by atoms with Gasteiger partial charge in [-0.15, -0.1) is 0 Å². The number of alkyl halides is 3. The third kappa shape index (κ3) is 4.14. The summed E-state index contributed by atoms with van der Waals surface area (Å²) in [5.74, 6) is -1.27. The molecule has 0 bridgehead atoms. The summed E-state index contributed by atoms with van der Waals surface area (Å²) in [6, 6.07) is 3.96. The van der Waals surface area contributed by atoms with E-state index in [0.717, 1.165) is 31.0 Å². The van der Waals surface area contributed by atoms with E-state index in [9.17, 15) is 17.6 Å². The van der Waals surface area contributed by atoms with Crippen molar-refractivity contribution in [2.75, 3.05) is 31.6 Å². The topological polar surface area (TPSA) is 41.5 Å². The number of hydrogen-bond acceptors (Lipinski definition) is 5. The van der Waals surface area contributed by atoms with Crippen molar-refractivity contribution in [3.63, 3.8) is 0 Å². The molecule has 0 N–H and O–H groups in total. The van der Waals surface area contributed by atoms with Crippen molar-refractivity contribution in [2.45, 2.75) is 38.0 Å². The monoisotopic (exact) mass is 410 g/mol. The molecule has 29 heavy (non-hydrogen) atoms. The maximum absolute atomic E-state index is 13.9. The van der Waals surface area contributed by atoms with Crippen molar-refractivity contribution in [3.05, 3.63) is 47.0 Å². The van der Waals surface area contributed by atoms with Gasteiger partial charge < -0.3 is 14.5 Å². The van der Waals surface area contributed by atoms with Crippen molar-refractivity contribution in [3.8, 4) is 6.01 Å². The molecule has 4 rings (SSSR count). The minimum atomic E-state index is -4.77. The highest BCUT2D eigenvalue weighted by Crippen LogP contribution is 2.39. The molecule has 0 radical (unpaired) electrons. The second-order valence-corrected chi connectivity index (χ2v) is 7.52. The molecule has 0 amide bonds. The first-order valence-corrected chi connectivity index (χ1v) is 9.61. The van der Waals surface area contributed by atoms with E-state index in [1.54, 1.807) is 6.20 Å². The van der Waals surface area contributed by atoms with E-state index in [-0.39, 0.29) is 18.2 Å². The molecule has 1 fully saturated rings. The van der Waals surface area contributed by atoms with Crippen LogP contribution in [-0.4, -0.2) is 47.7 Å². The second-order valence-electron chi connectivity index (χ2n) is 7.52. The maximum Gasteiger partial charge on any atom is 0.421 e. The molecule has 2 aromatic rings. The van der Waals surface area contributed by atoms with E-state index < -0.39 is 17.6 Å². The van der Waals surface area contributed by atoms with Gasteiger partial charge in [-0.1, -0.05) is 6.07 Å². The molecule has 0 spiro atoms. The van der Waals surface area contributed by atoms with E-state index in [0.29, 0.717) is 31.3 Å². The van der Waals surface area contributed by atoms with Gasteiger partial charge in [-0.05, 0) is 50.6 Å². The molecule has 1 atom stereocenters. The minimum Gasteiger partial charge on any atom is -0.462 e. The molecule has 5 nitrogen and oxygen atoms in total. The molecule has 3 heterocycles. The molecule has 2 aliphatic rings. The van der Waals surface area contributed by atoms with Crippen LogP contribution in [0.3, 0.4) is 0 Å². The van der Waals surface area contributed by atoms with Crippen LogP contribution < -0.4 is 9.64 Å². The number of hydrogen-bond donors (Lipinski definition) is 0. The number of halogens is 4. The Bertz CT molecular complexity index is 889. The van der Waals surface area contributed by atoms with Gasteiger partial charge in [-0.3, -0.25) is 0 Å². The molecule has 1 saturated heterocycles. The van der Waals surface area contributed by atoms with E-state index in [1.165, 1.54) is 17.0 Å². The fourth-order valence-electron chi connectivity index (χ4n) is 3.98. The first-order chi connectivity index (χ1) is 13.8. The van der Waals surface area contributed by atoms with Crippen LogP contribution in [0.5, 0.6) is 6.01 Å². The molecular formula is C20H22F4N4O. The van der Waals surface area contributed by atoms with E-state index in [4.69, 9.17) is 4.74 Å². The maximum atomic E-state index is 13.9. The fourth-order valence-corrected chi connectivity index (χ4v) is 3.98. The van der Waals surface area contributed by atoms with Crippen LogP contribution in [0.1, 0.15) is 29.7 Å².